The molecule has 0 aliphatic carbocycles. The highest BCUT2D eigenvalue weighted by Crippen LogP contribution is 2.25. The minimum atomic E-state index is 0.501. The quantitative estimate of drug-likeness (QED) is 0.797. The average molecular weight is 229 g/mol. The Hall–Kier alpha value is -1.91. The van der Waals surface area contributed by atoms with Crippen molar-refractivity contribution in [2.75, 3.05) is 11.4 Å². The highest BCUT2D eigenvalue weighted by molar-refractivity contribution is 5.45. The van der Waals surface area contributed by atoms with Gasteiger partial charge in [0.15, 0.2) is 0 Å². The van der Waals surface area contributed by atoms with E-state index in [2.05, 4.69) is 26.0 Å². The first-order chi connectivity index (χ1) is 8.43. The monoisotopic (exact) mass is 229 g/mol. The normalized spacial score (nSPS) is 19.8. The van der Waals surface area contributed by atoms with Crippen LogP contribution in [0.3, 0.4) is 0 Å². The maximum Gasteiger partial charge on any atom is 0.137 e. The molecule has 0 aromatic carbocycles. The van der Waals surface area contributed by atoms with Crippen molar-refractivity contribution in [3.8, 4) is 0 Å². The molecule has 0 spiro atoms. The molecule has 2 aromatic heterocycles. The largest absolute Gasteiger partial charge is 0.365 e. The molecule has 1 saturated heterocycles. The molecule has 1 atom stereocenters. The Morgan fingerprint density at radius 1 is 1.35 bits per heavy atom. The summed E-state index contributed by atoms with van der Waals surface area (Å²) in [5, 5.41) is 4.17. The van der Waals surface area contributed by atoms with E-state index in [4.69, 9.17) is 0 Å². The van der Waals surface area contributed by atoms with Gasteiger partial charge in [-0.3, -0.25) is 9.67 Å². The number of nitrogens with zero attached hydrogens (tertiary/aromatic N) is 5. The van der Waals surface area contributed by atoms with Gasteiger partial charge in [-0.25, -0.2) is 4.98 Å². The third kappa shape index (κ3) is 2.13. The lowest BCUT2D eigenvalue weighted by Crippen LogP contribution is -2.33. The molecule has 5 nitrogen and oxygen atoms in total. The Morgan fingerprint density at radius 2 is 2.35 bits per heavy atom. The Balaban J connectivity index is 1.76. The topological polar surface area (TPSA) is 46.8 Å². The second kappa shape index (κ2) is 4.53. The third-order valence-corrected chi connectivity index (χ3v) is 3.22. The van der Waals surface area contributed by atoms with Crippen LogP contribution >= 0.6 is 0 Å². The molecule has 1 aliphatic heterocycles. The van der Waals surface area contributed by atoms with Crippen LogP contribution in [0.2, 0.25) is 0 Å². The van der Waals surface area contributed by atoms with Gasteiger partial charge in [0.05, 0.1) is 18.4 Å². The molecule has 3 rings (SSSR count). The lowest BCUT2D eigenvalue weighted by atomic mass is 10.2. The molecule has 1 aliphatic rings. The number of anilines is 1. The minimum absolute atomic E-state index is 0.501. The zero-order valence-electron chi connectivity index (χ0n) is 9.61. The molecular formula is C12H15N5. The highest BCUT2D eigenvalue weighted by Gasteiger charge is 2.25. The fourth-order valence-electron chi connectivity index (χ4n) is 2.43. The molecule has 5 heteroatoms. The van der Waals surface area contributed by atoms with Gasteiger partial charge in [-0.05, 0) is 25.0 Å². The van der Waals surface area contributed by atoms with Crippen LogP contribution in [0.5, 0.6) is 0 Å². The maximum absolute atomic E-state index is 4.18. The number of pyridine rings is 1. The lowest BCUT2D eigenvalue weighted by molar-refractivity contribution is 0.508. The summed E-state index contributed by atoms with van der Waals surface area (Å²) < 4.78 is 1.90. The van der Waals surface area contributed by atoms with Crippen molar-refractivity contribution >= 4 is 5.69 Å². The number of aromatic nitrogens is 4. The van der Waals surface area contributed by atoms with E-state index in [1.165, 1.54) is 18.5 Å². The smallest absolute Gasteiger partial charge is 0.137 e. The van der Waals surface area contributed by atoms with Crippen LogP contribution in [0.1, 0.15) is 12.8 Å². The molecule has 1 fully saturated rings. The zero-order valence-corrected chi connectivity index (χ0v) is 9.61. The molecule has 2 aromatic rings. The van der Waals surface area contributed by atoms with Crippen LogP contribution in [0.25, 0.3) is 0 Å². The van der Waals surface area contributed by atoms with Gasteiger partial charge >= 0.3 is 0 Å². The zero-order chi connectivity index (χ0) is 11.5. The molecule has 3 heterocycles. The van der Waals surface area contributed by atoms with E-state index in [0.717, 1.165) is 13.1 Å². The van der Waals surface area contributed by atoms with Crippen LogP contribution in [0, 0.1) is 0 Å². The van der Waals surface area contributed by atoms with Gasteiger partial charge in [0.25, 0.3) is 0 Å². The minimum Gasteiger partial charge on any atom is -0.365 e. The van der Waals surface area contributed by atoms with E-state index >= 15 is 0 Å². The van der Waals surface area contributed by atoms with E-state index in [0.29, 0.717) is 6.04 Å². The van der Waals surface area contributed by atoms with Crippen molar-refractivity contribution in [1.82, 2.24) is 19.7 Å². The summed E-state index contributed by atoms with van der Waals surface area (Å²) in [5.41, 5.74) is 1.20. The SMILES string of the molecule is c1cncc(N2CCC[C@H]2Cn2cncn2)c1. The van der Waals surface area contributed by atoms with Crippen LogP contribution in [-0.4, -0.2) is 32.3 Å². The Kier molecular flexibility index (Phi) is 2.73. The van der Waals surface area contributed by atoms with Crippen molar-refractivity contribution in [3.05, 3.63) is 37.2 Å². The number of rotatable bonds is 3. The second-order valence-corrected chi connectivity index (χ2v) is 4.32. The molecule has 0 saturated carbocycles. The predicted molar refractivity (Wildman–Crippen MR) is 64.6 cm³/mol. The van der Waals surface area contributed by atoms with Gasteiger partial charge in [0, 0.05) is 18.8 Å². The number of hydrogen-bond donors (Lipinski definition) is 0. The molecule has 0 radical (unpaired) electrons. The first-order valence-corrected chi connectivity index (χ1v) is 5.92. The average Bonchev–Trinajstić information content (AvgIpc) is 3.02. The molecule has 0 unspecified atom stereocenters. The van der Waals surface area contributed by atoms with Crippen LogP contribution in [0.4, 0.5) is 5.69 Å². The third-order valence-electron chi connectivity index (χ3n) is 3.22. The molecular weight excluding hydrogens is 214 g/mol. The summed E-state index contributed by atoms with van der Waals surface area (Å²) in [5.74, 6) is 0. The summed E-state index contributed by atoms with van der Waals surface area (Å²) in [6.45, 7) is 2.00. The van der Waals surface area contributed by atoms with Gasteiger partial charge in [-0.2, -0.15) is 5.10 Å². The first-order valence-electron chi connectivity index (χ1n) is 5.92. The fraction of sp³-hybridized carbons (Fsp3) is 0.417. The van der Waals surface area contributed by atoms with Gasteiger partial charge in [-0.15, -0.1) is 0 Å². The van der Waals surface area contributed by atoms with E-state index < -0.39 is 0 Å². The molecule has 17 heavy (non-hydrogen) atoms. The van der Waals surface area contributed by atoms with E-state index in [9.17, 15) is 0 Å². The second-order valence-electron chi connectivity index (χ2n) is 4.32. The fourth-order valence-corrected chi connectivity index (χ4v) is 2.43. The Morgan fingerprint density at radius 3 is 3.12 bits per heavy atom. The summed E-state index contributed by atoms with van der Waals surface area (Å²) in [4.78, 5) is 10.6. The van der Waals surface area contributed by atoms with Crippen molar-refractivity contribution in [2.45, 2.75) is 25.4 Å². The van der Waals surface area contributed by atoms with Crippen LogP contribution < -0.4 is 4.90 Å². The standard InChI is InChI=1S/C12H15N5/c1-3-11(7-13-5-1)17-6-2-4-12(17)8-16-10-14-9-15-16/h1,3,5,7,9-10,12H,2,4,6,8H2/t12-/m0/s1. The van der Waals surface area contributed by atoms with Crippen molar-refractivity contribution in [1.29, 1.82) is 0 Å². The summed E-state index contributed by atoms with van der Waals surface area (Å²) >= 11 is 0. The number of hydrogen-bond acceptors (Lipinski definition) is 4. The summed E-state index contributed by atoms with van der Waals surface area (Å²) in [7, 11) is 0. The van der Waals surface area contributed by atoms with Crippen molar-refractivity contribution in [3.63, 3.8) is 0 Å². The molecule has 88 valence electrons. The van der Waals surface area contributed by atoms with Crippen molar-refractivity contribution < 1.29 is 0 Å². The van der Waals surface area contributed by atoms with E-state index in [1.807, 2.05) is 23.1 Å². The van der Waals surface area contributed by atoms with E-state index in [1.54, 1.807) is 12.7 Å². The van der Waals surface area contributed by atoms with E-state index in [-0.39, 0.29) is 0 Å². The van der Waals surface area contributed by atoms with Gasteiger partial charge in [0.2, 0.25) is 0 Å². The van der Waals surface area contributed by atoms with Gasteiger partial charge in [-0.1, -0.05) is 0 Å². The maximum atomic E-state index is 4.18. The first kappa shape index (κ1) is 10.3. The Bertz CT molecular complexity index is 453. The van der Waals surface area contributed by atoms with Gasteiger partial charge < -0.3 is 4.90 Å². The summed E-state index contributed by atoms with van der Waals surface area (Å²) in [6, 6.07) is 4.60. The molecule has 0 amide bonds. The van der Waals surface area contributed by atoms with Crippen LogP contribution in [0.15, 0.2) is 37.2 Å². The summed E-state index contributed by atoms with van der Waals surface area (Å²) in [6.07, 6.45) is 9.54. The van der Waals surface area contributed by atoms with Crippen LogP contribution in [-0.2, 0) is 6.54 Å². The lowest BCUT2D eigenvalue weighted by Gasteiger charge is -2.26. The predicted octanol–water partition coefficient (Wildman–Crippen LogP) is 1.34. The van der Waals surface area contributed by atoms with Crippen molar-refractivity contribution in [2.24, 2.45) is 0 Å². The molecule has 0 N–H and O–H groups in total. The highest BCUT2D eigenvalue weighted by atomic mass is 15.3. The Labute approximate surface area is 100 Å². The van der Waals surface area contributed by atoms with Gasteiger partial charge in [0.1, 0.15) is 12.7 Å². The molecule has 0 bridgehead atoms.